The molecule has 0 bridgehead atoms. The number of hydrogen-bond donors (Lipinski definition) is 1. The topological polar surface area (TPSA) is 39.6 Å². The largest absolute Gasteiger partial charge is 0.506 e. The van der Waals surface area contributed by atoms with Crippen molar-refractivity contribution < 1.29 is 5.11 Å². The summed E-state index contributed by atoms with van der Waals surface area (Å²) in [4.78, 5) is 9.37. The first-order valence-electron chi connectivity index (χ1n) is 10.2. The van der Waals surface area contributed by atoms with Crippen LogP contribution in [-0.4, -0.2) is 48.7 Å². The van der Waals surface area contributed by atoms with Crippen LogP contribution in [0.25, 0.3) is 22.0 Å². The number of benzene rings is 2. The van der Waals surface area contributed by atoms with Crippen LogP contribution in [0.3, 0.4) is 0 Å². The predicted octanol–water partition coefficient (Wildman–Crippen LogP) is 5.35. The molecule has 0 spiro atoms. The third-order valence-electron chi connectivity index (χ3n) is 5.90. The van der Waals surface area contributed by atoms with Crippen LogP contribution in [0.4, 0.5) is 5.69 Å². The van der Waals surface area contributed by atoms with Crippen molar-refractivity contribution >= 4 is 28.2 Å². The Morgan fingerprint density at radius 1 is 1.14 bits per heavy atom. The Morgan fingerprint density at radius 3 is 2.62 bits per heavy atom. The number of phenolic OH excluding ortho intramolecular Hbond substituents is 1. The van der Waals surface area contributed by atoms with Crippen molar-refractivity contribution in [2.24, 2.45) is 5.92 Å². The molecule has 0 radical (unpaired) electrons. The highest BCUT2D eigenvalue weighted by Crippen LogP contribution is 2.36. The van der Waals surface area contributed by atoms with Gasteiger partial charge in [-0.15, -0.1) is 0 Å². The number of piperidine rings is 1. The van der Waals surface area contributed by atoms with Gasteiger partial charge in [0.1, 0.15) is 5.75 Å². The van der Waals surface area contributed by atoms with Gasteiger partial charge in [0.05, 0.1) is 10.5 Å². The maximum absolute atomic E-state index is 9.88. The van der Waals surface area contributed by atoms with Crippen molar-refractivity contribution in [3.63, 3.8) is 0 Å². The standard InChI is InChI=1S/C24H28ClN3O/c1-16-12-24(29)21(25)14-19(16)18-4-5-22-20(13-18)23(6-9-26-22)28-10-7-17(8-11-28)15-27(2)3/h4-6,9,12-14,17,29H,7-8,10-11,15H2,1-3H3. The highest BCUT2D eigenvalue weighted by atomic mass is 35.5. The molecule has 1 aliphatic rings. The lowest BCUT2D eigenvalue weighted by Gasteiger charge is -2.35. The minimum absolute atomic E-state index is 0.122. The average molecular weight is 410 g/mol. The van der Waals surface area contributed by atoms with Gasteiger partial charge in [0.2, 0.25) is 0 Å². The summed E-state index contributed by atoms with van der Waals surface area (Å²) >= 11 is 6.18. The first-order valence-corrected chi connectivity index (χ1v) is 10.6. The molecule has 2 aromatic carbocycles. The van der Waals surface area contributed by atoms with E-state index in [2.05, 4.69) is 53.1 Å². The van der Waals surface area contributed by atoms with Crippen molar-refractivity contribution in [2.75, 3.05) is 38.6 Å². The maximum atomic E-state index is 9.88. The van der Waals surface area contributed by atoms with Gasteiger partial charge in [-0.05, 0) is 86.8 Å². The van der Waals surface area contributed by atoms with Crippen molar-refractivity contribution in [2.45, 2.75) is 19.8 Å². The number of nitrogens with zero attached hydrogens (tertiary/aromatic N) is 3. The van der Waals surface area contributed by atoms with Gasteiger partial charge in [0.15, 0.2) is 0 Å². The molecule has 1 N–H and O–H groups in total. The average Bonchev–Trinajstić information content (AvgIpc) is 2.70. The fraction of sp³-hybridized carbons (Fsp3) is 0.375. The van der Waals surface area contributed by atoms with E-state index in [-0.39, 0.29) is 5.75 Å². The van der Waals surface area contributed by atoms with E-state index in [1.165, 1.54) is 23.9 Å². The lowest BCUT2D eigenvalue weighted by atomic mass is 9.95. The van der Waals surface area contributed by atoms with Gasteiger partial charge in [0.25, 0.3) is 0 Å². The van der Waals surface area contributed by atoms with Gasteiger partial charge in [-0.1, -0.05) is 17.7 Å². The second-order valence-electron chi connectivity index (χ2n) is 8.37. The van der Waals surface area contributed by atoms with Crippen molar-refractivity contribution in [3.05, 3.63) is 53.2 Å². The van der Waals surface area contributed by atoms with Crippen LogP contribution in [0.1, 0.15) is 18.4 Å². The van der Waals surface area contributed by atoms with E-state index in [0.717, 1.165) is 47.8 Å². The molecule has 0 aliphatic carbocycles. The lowest BCUT2D eigenvalue weighted by Crippen LogP contribution is -2.37. The molecule has 0 unspecified atom stereocenters. The molecule has 5 heteroatoms. The summed E-state index contributed by atoms with van der Waals surface area (Å²) in [6, 6.07) is 12.1. The third kappa shape index (κ3) is 4.19. The van der Waals surface area contributed by atoms with E-state index >= 15 is 0 Å². The van der Waals surface area contributed by atoms with Gasteiger partial charge in [-0.2, -0.15) is 0 Å². The minimum atomic E-state index is 0.122. The zero-order valence-corrected chi connectivity index (χ0v) is 18.1. The maximum Gasteiger partial charge on any atom is 0.134 e. The molecule has 1 aliphatic heterocycles. The Bertz CT molecular complexity index is 1030. The summed E-state index contributed by atoms with van der Waals surface area (Å²) in [5, 5.41) is 11.4. The highest BCUT2D eigenvalue weighted by Gasteiger charge is 2.21. The highest BCUT2D eigenvalue weighted by molar-refractivity contribution is 6.32. The molecule has 152 valence electrons. The molecule has 0 atom stereocenters. The fourth-order valence-corrected chi connectivity index (χ4v) is 4.59. The summed E-state index contributed by atoms with van der Waals surface area (Å²) in [6.45, 7) is 5.31. The van der Waals surface area contributed by atoms with E-state index in [0.29, 0.717) is 5.02 Å². The second kappa shape index (κ2) is 8.21. The van der Waals surface area contributed by atoms with Crippen molar-refractivity contribution in [3.8, 4) is 16.9 Å². The van der Waals surface area contributed by atoms with Crippen LogP contribution in [0.15, 0.2) is 42.6 Å². The molecule has 1 saturated heterocycles. The molecule has 29 heavy (non-hydrogen) atoms. The number of rotatable bonds is 4. The summed E-state index contributed by atoms with van der Waals surface area (Å²) in [6.07, 6.45) is 4.34. The monoisotopic (exact) mass is 409 g/mol. The number of aromatic nitrogens is 1. The van der Waals surface area contributed by atoms with Crippen LogP contribution in [0.2, 0.25) is 5.02 Å². The molecule has 4 rings (SSSR count). The number of halogens is 1. The smallest absolute Gasteiger partial charge is 0.134 e. The number of hydrogen-bond acceptors (Lipinski definition) is 4. The zero-order valence-electron chi connectivity index (χ0n) is 17.3. The minimum Gasteiger partial charge on any atom is -0.506 e. The Hall–Kier alpha value is -2.30. The number of anilines is 1. The normalized spacial score (nSPS) is 15.4. The molecule has 2 heterocycles. The van der Waals surface area contributed by atoms with Gasteiger partial charge < -0.3 is 14.9 Å². The number of pyridine rings is 1. The lowest BCUT2D eigenvalue weighted by molar-refractivity contribution is 0.285. The first-order chi connectivity index (χ1) is 13.9. The zero-order chi connectivity index (χ0) is 20.5. The van der Waals surface area contributed by atoms with Crippen molar-refractivity contribution in [1.82, 2.24) is 9.88 Å². The Morgan fingerprint density at radius 2 is 1.90 bits per heavy atom. The number of aromatic hydroxyl groups is 1. The number of phenols is 1. The van der Waals surface area contributed by atoms with E-state index in [1.54, 1.807) is 6.07 Å². The van der Waals surface area contributed by atoms with Crippen LogP contribution < -0.4 is 4.90 Å². The number of fused-ring (bicyclic) bond motifs is 1. The van der Waals surface area contributed by atoms with E-state index < -0.39 is 0 Å². The fourth-order valence-electron chi connectivity index (χ4n) is 4.43. The van der Waals surface area contributed by atoms with Gasteiger partial charge in [-0.25, -0.2) is 0 Å². The molecule has 1 aromatic heterocycles. The molecular formula is C24H28ClN3O. The summed E-state index contributed by atoms with van der Waals surface area (Å²) in [5.41, 5.74) is 5.39. The Kier molecular flexibility index (Phi) is 5.66. The van der Waals surface area contributed by atoms with E-state index in [4.69, 9.17) is 11.6 Å². The number of aryl methyl sites for hydroxylation is 1. The van der Waals surface area contributed by atoms with E-state index in [9.17, 15) is 5.11 Å². The first kappa shape index (κ1) is 20.0. The van der Waals surface area contributed by atoms with Crippen molar-refractivity contribution in [1.29, 1.82) is 0 Å². The second-order valence-corrected chi connectivity index (χ2v) is 8.78. The quantitative estimate of drug-likeness (QED) is 0.630. The van der Waals surface area contributed by atoms with Gasteiger partial charge >= 0.3 is 0 Å². The van der Waals surface area contributed by atoms with Crippen LogP contribution >= 0.6 is 11.6 Å². The van der Waals surface area contributed by atoms with Crippen LogP contribution in [-0.2, 0) is 0 Å². The molecule has 1 fully saturated rings. The Balaban J connectivity index is 1.68. The SMILES string of the molecule is Cc1cc(O)c(Cl)cc1-c1ccc2nccc(N3CCC(CN(C)C)CC3)c2c1. The summed E-state index contributed by atoms with van der Waals surface area (Å²) in [5.74, 6) is 0.892. The predicted molar refractivity (Wildman–Crippen MR) is 122 cm³/mol. The van der Waals surface area contributed by atoms with Gasteiger partial charge in [0, 0.05) is 36.9 Å². The van der Waals surface area contributed by atoms with Crippen LogP contribution in [0, 0.1) is 12.8 Å². The molecule has 0 amide bonds. The molecule has 3 aromatic rings. The summed E-state index contributed by atoms with van der Waals surface area (Å²) < 4.78 is 0. The van der Waals surface area contributed by atoms with Gasteiger partial charge in [-0.3, -0.25) is 4.98 Å². The molecule has 4 nitrogen and oxygen atoms in total. The Labute approximate surface area is 177 Å². The summed E-state index contributed by atoms with van der Waals surface area (Å²) in [7, 11) is 4.31. The third-order valence-corrected chi connectivity index (χ3v) is 6.20. The molecular weight excluding hydrogens is 382 g/mol. The molecule has 0 saturated carbocycles. The van der Waals surface area contributed by atoms with Crippen LogP contribution in [0.5, 0.6) is 5.75 Å². The van der Waals surface area contributed by atoms with E-state index in [1.807, 2.05) is 19.2 Å².